The Morgan fingerprint density at radius 3 is 2.74 bits per heavy atom. The lowest BCUT2D eigenvalue weighted by Crippen LogP contribution is -2.37. The normalized spacial score (nSPS) is 18.2. The van der Waals surface area contributed by atoms with E-state index in [1.165, 1.54) is 11.8 Å². The van der Waals surface area contributed by atoms with Gasteiger partial charge in [0.05, 0.1) is 12.9 Å². The highest BCUT2D eigenvalue weighted by Crippen LogP contribution is 2.25. The molecule has 5 nitrogen and oxygen atoms in total. The highest BCUT2D eigenvalue weighted by molar-refractivity contribution is 7.90. The van der Waals surface area contributed by atoms with Gasteiger partial charge in [-0.3, -0.25) is 4.79 Å². The fourth-order valence-electron chi connectivity index (χ4n) is 3.13. The van der Waals surface area contributed by atoms with Gasteiger partial charge in [-0.1, -0.05) is 12.1 Å². The van der Waals surface area contributed by atoms with Crippen molar-refractivity contribution in [1.82, 2.24) is 4.90 Å². The minimum Gasteiger partial charge on any atom is -0.496 e. The van der Waals surface area contributed by atoms with Crippen LogP contribution in [0.1, 0.15) is 30.4 Å². The van der Waals surface area contributed by atoms with Gasteiger partial charge in [0.2, 0.25) is 5.91 Å². The molecule has 2 rings (SSSR count). The van der Waals surface area contributed by atoms with Crippen molar-refractivity contribution in [3.05, 3.63) is 29.3 Å². The van der Waals surface area contributed by atoms with Crippen LogP contribution < -0.4 is 4.74 Å². The van der Waals surface area contributed by atoms with E-state index < -0.39 is 9.84 Å². The summed E-state index contributed by atoms with van der Waals surface area (Å²) in [5, 5.41) is 0. The van der Waals surface area contributed by atoms with Gasteiger partial charge in [0, 0.05) is 25.3 Å². The molecule has 0 radical (unpaired) electrons. The van der Waals surface area contributed by atoms with Crippen LogP contribution in [0.5, 0.6) is 5.75 Å². The third kappa shape index (κ3) is 4.96. The van der Waals surface area contributed by atoms with Crippen molar-refractivity contribution >= 4 is 15.7 Å². The van der Waals surface area contributed by atoms with Crippen molar-refractivity contribution in [2.45, 2.75) is 38.6 Å². The smallest absolute Gasteiger partial charge is 0.223 e. The van der Waals surface area contributed by atoms with Crippen LogP contribution in [0.15, 0.2) is 18.2 Å². The van der Waals surface area contributed by atoms with Gasteiger partial charge in [0.1, 0.15) is 15.6 Å². The third-order valence-corrected chi connectivity index (χ3v) is 5.26. The van der Waals surface area contributed by atoms with Gasteiger partial charge in [-0.25, -0.2) is 8.42 Å². The number of likely N-dealkylation sites (tertiary alicyclic amines) is 1. The predicted octanol–water partition coefficient (Wildman–Crippen LogP) is 1.97. The number of sulfone groups is 1. The molecule has 0 spiro atoms. The molecule has 1 unspecified atom stereocenters. The van der Waals surface area contributed by atoms with Crippen molar-refractivity contribution in [1.29, 1.82) is 0 Å². The summed E-state index contributed by atoms with van der Waals surface area (Å²) >= 11 is 0. The molecule has 1 aliphatic rings. The zero-order valence-electron chi connectivity index (χ0n) is 14.0. The van der Waals surface area contributed by atoms with E-state index in [1.54, 1.807) is 7.11 Å². The summed E-state index contributed by atoms with van der Waals surface area (Å²) in [6.45, 7) is 2.73. The number of ether oxygens (including phenoxy) is 1. The number of carbonyl (C=O) groups is 1. The number of methoxy groups -OCH3 is 1. The SMILES string of the molecule is COc1ccc(CC2CCCN2C(=O)CCS(C)(=O)=O)cc1C. The number of hydrogen-bond acceptors (Lipinski definition) is 4. The maximum Gasteiger partial charge on any atom is 0.223 e. The van der Waals surface area contributed by atoms with Crippen LogP contribution >= 0.6 is 0 Å². The summed E-state index contributed by atoms with van der Waals surface area (Å²) in [5.41, 5.74) is 2.26. The fraction of sp³-hybridized carbons (Fsp3) is 0.588. The molecule has 128 valence electrons. The van der Waals surface area contributed by atoms with Crippen LogP contribution in [-0.2, 0) is 21.1 Å². The lowest BCUT2D eigenvalue weighted by Gasteiger charge is -2.25. The third-order valence-electron chi connectivity index (χ3n) is 4.31. The van der Waals surface area contributed by atoms with Gasteiger partial charge in [-0.15, -0.1) is 0 Å². The molecule has 0 aliphatic carbocycles. The Balaban J connectivity index is 2.01. The quantitative estimate of drug-likeness (QED) is 0.795. The van der Waals surface area contributed by atoms with Gasteiger partial charge in [0.15, 0.2) is 0 Å². The zero-order valence-corrected chi connectivity index (χ0v) is 14.9. The number of nitrogens with zero attached hydrogens (tertiary/aromatic N) is 1. The highest BCUT2D eigenvalue weighted by atomic mass is 32.2. The van der Waals surface area contributed by atoms with E-state index in [-0.39, 0.29) is 24.1 Å². The molecule has 1 aliphatic heterocycles. The first-order valence-corrected chi connectivity index (χ1v) is 9.97. The molecule has 0 N–H and O–H groups in total. The lowest BCUT2D eigenvalue weighted by atomic mass is 10.0. The lowest BCUT2D eigenvalue weighted by molar-refractivity contribution is -0.131. The Bertz CT molecular complexity index is 669. The molecule has 0 aromatic heterocycles. The molecule has 1 saturated heterocycles. The molecule has 1 heterocycles. The van der Waals surface area contributed by atoms with Crippen LogP contribution in [0.2, 0.25) is 0 Å². The van der Waals surface area contributed by atoms with Crippen molar-refractivity contribution in [2.24, 2.45) is 0 Å². The monoisotopic (exact) mass is 339 g/mol. The second-order valence-corrected chi connectivity index (χ2v) is 8.53. The average Bonchev–Trinajstić information content (AvgIpc) is 2.92. The van der Waals surface area contributed by atoms with Crippen LogP contribution in [0.25, 0.3) is 0 Å². The average molecular weight is 339 g/mol. The van der Waals surface area contributed by atoms with E-state index in [2.05, 4.69) is 6.07 Å². The second kappa shape index (κ2) is 7.34. The van der Waals surface area contributed by atoms with Crippen LogP contribution in [0, 0.1) is 6.92 Å². The van der Waals surface area contributed by atoms with Gasteiger partial charge in [0.25, 0.3) is 0 Å². The van der Waals surface area contributed by atoms with Gasteiger partial charge in [-0.05, 0) is 43.4 Å². The second-order valence-electron chi connectivity index (χ2n) is 6.27. The molecule has 1 atom stereocenters. The van der Waals surface area contributed by atoms with Gasteiger partial charge < -0.3 is 9.64 Å². The summed E-state index contributed by atoms with van der Waals surface area (Å²) in [5.74, 6) is 0.737. The molecule has 1 aromatic carbocycles. The summed E-state index contributed by atoms with van der Waals surface area (Å²) in [4.78, 5) is 14.2. The summed E-state index contributed by atoms with van der Waals surface area (Å²) in [7, 11) is -1.45. The van der Waals surface area contributed by atoms with Crippen molar-refractivity contribution in [3.63, 3.8) is 0 Å². The maximum atomic E-state index is 12.3. The fourth-order valence-corrected chi connectivity index (χ4v) is 3.68. The first-order chi connectivity index (χ1) is 10.8. The highest BCUT2D eigenvalue weighted by Gasteiger charge is 2.29. The summed E-state index contributed by atoms with van der Waals surface area (Å²) < 4.78 is 27.7. The molecular weight excluding hydrogens is 314 g/mol. The number of rotatable bonds is 6. The molecular formula is C17H25NO4S. The van der Waals surface area contributed by atoms with Crippen molar-refractivity contribution < 1.29 is 17.9 Å². The number of carbonyl (C=O) groups excluding carboxylic acids is 1. The Morgan fingerprint density at radius 2 is 2.13 bits per heavy atom. The Kier molecular flexibility index (Phi) is 5.68. The van der Waals surface area contributed by atoms with E-state index in [4.69, 9.17) is 4.74 Å². The molecule has 1 fully saturated rings. The Labute approximate surface area is 138 Å². The minimum atomic E-state index is -3.10. The Morgan fingerprint density at radius 1 is 1.39 bits per heavy atom. The molecule has 0 saturated carbocycles. The predicted molar refractivity (Wildman–Crippen MR) is 90.5 cm³/mol. The van der Waals surface area contributed by atoms with E-state index in [0.717, 1.165) is 37.1 Å². The van der Waals surface area contributed by atoms with E-state index in [0.29, 0.717) is 0 Å². The van der Waals surface area contributed by atoms with Crippen molar-refractivity contribution in [2.75, 3.05) is 25.7 Å². The molecule has 1 aromatic rings. The topological polar surface area (TPSA) is 63.7 Å². The van der Waals surface area contributed by atoms with E-state index >= 15 is 0 Å². The molecule has 1 amide bonds. The van der Waals surface area contributed by atoms with Crippen LogP contribution in [0.3, 0.4) is 0 Å². The van der Waals surface area contributed by atoms with Crippen molar-refractivity contribution in [3.8, 4) is 5.75 Å². The number of amides is 1. The molecule has 6 heteroatoms. The molecule has 0 bridgehead atoms. The van der Waals surface area contributed by atoms with Gasteiger partial charge in [-0.2, -0.15) is 0 Å². The number of benzene rings is 1. The number of hydrogen-bond donors (Lipinski definition) is 0. The summed E-state index contributed by atoms with van der Waals surface area (Å²) in [6.07, 6.45) is 3.99. The minimum absolute atomic E-state index is 0.0526. The summed E-state index contributed by atoms with van der Waals surface area (Å²) in [6, 6.07) is 6.24. The Hall–Kier alpha value is -1.56. The standard InChI is InChI=1S/C17H25NO4S/c1-13-11-14(6-7-16(13)22-2)12-15-5-4-9-18(15)17(19)8-10-23(3,20)21/h6-7,11,15H,4-5,8-10,12H2,1-3H3. The largest absolute Gasteiger partial charge is 0.496 e. The van der Waals surface area contributed by atoms with E-state index in [9.17, 15) is 13.2 Å². The number of aryl methyl sites for hydroxylation is 1. The zero-order chi connectivity index (χ0) is 17.0. The molecule has 23 heavy (non-hydrogen) atoms. The van der Waals surface area contributed by atoms with Crippen LogP contribution in [-0.4, -0.2) is 50.9 Å². The van der Waals surface area contributed by atoms with Crippen LogP contribution in [0.4, 0.5) is 0 Å². The maximum absolute atomic E-state index is 12.3. The first-order valence-electron chi connectivity index (χ1n) is 7.91. The van der Waals surface area contributed by atoms with Gasteiger partial charge >= 0.3 is 0 Å². The van der Waals surface area contributed by atoms with E-state index in [1.807, 2.05) is 24.0 Å². The first kappa shape index (κ1) is 17.8.